The normalized spacial score (nSPS) is 11.0. The molecule has 0 bridgehead atoms. The van der Waals surface area contributed by atoms with Crippen molar-refractivity contribution >= 4 is 28.7 Å². The van der Waals surface area contributed by atoms with Crippen molar-refractivity contribution in [1.82, 2.24) is 24.4 Å². The summed E-state index contributed by atoms with van der Waals surface area (Å²) in [6.07, 6.45) is 0.840. The van der Waals surface area contributed by atoms with E-state index in [1.54, 1.807) is 7.05 Å². The lowest BCUT2D eigenvalue weighted by atomic mass is 10.1. The number of aryl methyl sites for hydroxylation is 2. The van der Waals surface area contributed by atoms with E-state index < -0.39 is 11.2 Å². The molecule has 152 valence electrons. The fourth-order valence-corrected chi connectivity index (χ4v) is 3.74. The van der Waals surface area contributed by atoms with Gasteiger partial charge in [0.05, 0.1) is 5.75 Å². The van der Waals surface area contributed by atoms with Gasteiger partial charge in [-0.1, -0.05) is 42.4 Å². The van der Waals surface area contributed by atoms with Crippen molar-refractivity contribution in [2.45, 2.75) is 25.3 Å². The van der Waals surface area contributed by atoms with Crippen molar-refractivity contribution in [2.75, 3.05) is 12.3 Å². The first kappa shape index (κ1) is 20.8. The molecule has 0 spiro atoms. The number of nitrogens with one attached hydrogen (secondary N) is 1. The molecule has 0 radical (unpaired) electrons. The number of carbonyl (C=O) groups is 1. The third-order valence-electron chi connectivity index (χ3n) is 4.46. The maximum Gasteiger partial charge on any atom is 0.332 e. The third kappa shape index (κ3) is 4.24. The van der Waals surface area contributed by atoms with Gasteiger partial charge in [-0.15, -0.1) is 0 Å². The van der Waals surface area contributed by atoms with Crippen LogP contribution in [-0.2, 0) is 18.9 Å². The Hall–Kier alpha value is -2.94. The predicted molar refractivity (Wildman–Crippen MR) is 114 cm³/mol. The molecule has 0 unspecified atom stereocenters. The summed E-state index contributed by atoms with van der Waals surface area (Å²) in [4.78, 5) is 46.4. The van der Waals surface area contributed by atoms with Crippen molar-refractivity contribution in [1.29, 1.82) is 0 Å². The first-order chi connectivity index (χ1) is 13.8. The molecule has 0 fully saturated rings. The van der Waals surface area contributed by atoms with Crippen LogP contribution < -0.4 is 16.6 Å². The fraction of sp³-hybridized carbons (Fsp3) is 0.350. The van der Waals surface area contributed by atoms with Crippen LogP contribution in [0, 0.1) is 6.92 Å². The van der Waals surface area contributed by atoms with Gasteiger partial charge in [-0.2, -0.15) is 0 Å². The van der Waals surface area contributed by atoms with Crippen molar-refractivity contribution in [2.24, 2.45) is 14.1 Å². The number of nitrogens with zero attached hydrogens (tertiary/aromatic N) is 4. The highest BCUT2D eigenvalue weighted by Crippen LogP contribution is 2.26. The minimum absolute atomic E-state index is 0.116. The van der Waals surface area contributed by atoms with E-state index in [1.807, 2.05) is 38.1 Å². The SMILES string of the molecule is CCCNC(=O)CSc1nc(-c2cccc(C)c2)nc2c1c(=O)n(C)c(=O)n2C. The number of hydrogen-bond acceptors (Lipinski definition) is 6. The maximum atomic E-state index is 12.8. The molecule has 0 atom stereocenters. The molecular weight excluding hydrogens is 390 g/mol. The lowest BCUT2D eigenvalue weighted by molar-refractivity contribution is -0.118. The van der Waals surface area contributed by atoms with E-state index in [2.05, 4.69) is 15.3 Å². The molecule has 1 amide bonds. The smallest absolute Gasteiger partial charge is 0.332 e. The molecule has 0 aliphatic carbocycles. The topological polar surface area (TPSA) is 98.9 Å². The lowest BCUT2D eigenvalue weighted by Gasteiger charge is -2.12. The van der Waals surface area contributed by atoms with Crippen LogP contribution in [0.25, 0.3) is 22.4 Å². The second-order valence-electron chi connectivity index (χ2n) is 6.76. The molecule has 2 heterocycles. The Kier molecular flexibility index (Phi) is 6.17. The van der Waals surface area contributed by atoms with Gasteiger partial charge in [0.2, 0.25) is 5.91 Å². The molecule has 0 saturated heterocycles. The summed E-state index contributed by atoms with van der Waals surface area (Å²) in [6, 6.07) is 7.66. The molecule has 9 heteroatoms. The lowest BCUT2D eigenvalue weighted by Crippen LogP contribution is -2.37. The van der Waals surface area contributed by atoms with E-state index >= 15 is 0 Å². The van der Waals surface area contributed by atoms with Gasteiger partial charge in [0, 0.05) is 26.2 Å². The fourth-order valence-electron chi connectivity index (χ4n) is 2.90. The molecule has 0 saturated carbocycles. The van der Waals surface area contributed by atoms with Crippen LogP contribution in [0.1, 0.15) is 18.9 Å². The van der Waals surface area contributed by atoms with Crippen LogP contribution >= 0.6 is 11.8 Å². The molecule has 0 aliphatic heterocycles. The number of amides is 1. The second kappa shape index (κ2) is 8.60. The molecule has 1 N–H and O–H groups in total. The van der Waals surface area contributed by atoms with Gasteiger partial charge < -0.3 is 5.32 Å². The minimum Gasteiger partial charge on any atom is -0.355 e. The number of fused-ring (bicyclic) bond motifs is 1. The van der Waals surface area contributed by atoms with Crippen LogP contribution in [-0.4, -0.2) is 37.3 Å². The first-order valence-corrected chi connectivity index (χ1v) is 10.3. The van der Waals surface area contributed by atoms with E-state index in [4.69, 9.17) is 0 Å². The van der Waals surface area contributed by atoms with Gasteiger partial charge in [0.25, 0.3) is 5.56 Å². The number of carbonyl (C=O) groups excluding carboxylic acids is 1. The predicted octanol–water partition coefficient (Wildman–Crippen LogP) is 1.62. The standard InChI is InChI=1S/C20H23N5O3S/c1-5-9-21-14(26)11-29-18-15-17(24(3)20(28)25(4)19(15)27)22-16(23-18)13-8-6-7-12(2)10-13/h6-8,10H,5,9,11H2,1-4H3,(H,21,26). The van der Waals surface area contributed by atoms with Crippen molar-refractivity contribution in [3.8, 4) is 11.4 Å². The van der Waals surface area contributed by atoms with Crippen LogP contribution in [0.5, 0.6) is 0 Å². The summed E-state index contributed by atoms with van der Waals surface area (Å²) < 4.78 is 2.36. The third-order valence-corrected chi connectivity index (χ3v) is 5.43. The molecule has 8 nitrogen and oxygen atoms in total. The number of rotatable bonds is 6. The van der Waals surface area contributed by atoms with Crippen molar-refractivity contribution in [3.05, 3.63) is 50.7 Å². The molecular formula is C20H23N5O3S. The van der Waals surface area contributed by atoms with Crippen LogP contribution in [0.4, 0.5) is 0 Å². The maximum absolute atomic E-state index is 12.8. The summed E-state index contributed by atoms with van der Waals surface area (Å²) >= 11 is 1.17. The van der Waals surface area contributed by atoms with Gasteiger partial charge >= 0.3 is 5.69 Å². The Morgan fingerprint density at radius 1 is 1.17 bits per heavy atom. The number of aromatic nitrogens is 4. The molecule has 1 aromatic carbocycles. The van der Waals surface area contributed by atoms with Crippen LogP contribution in [0.3, 0.4) is 0 Å². The van der Waals surface area contributed by atoms with E-state index in [9.17, 15) is 14.4 Å². The zero-order valence-corrected chi connectivity index (χ0v) is 17.7. The highest BCUT2D eigenvalue weighted by atomic mass is 32.2. The van der Waals surface area contributed by atoms with Gasteiger partial charge in [0.15, 0.2) is 11.5 Å². The molecule has 3 rings (SSSR count). The van der Waals surface area contributed by atoms with Crippen molar-refractivity contribution in [3.63, 3.8) is 0 Å². The summed E-state index contributed by atoms with van der Waals surface area (Å²) in [5.74, 6) is 0.383. The summed E-state index contributed by atoms with van der Waals surface area (Å²) in [7, 11) is 2.99. The van der Waals surface area contributed by atoms with Gasteiger partial charge in [0.1, 0.15) is 10.4 Å². The number of thioether (sulfide) groups is 1. The minimum atomic E-state index is -0.477. The summed E-state index contributed by atoms with van der Waals surface area (Å²) in [5.41, 5.74) is 1.12. The summed E-state index contributed by atoms with van der Waals surface area (Å²) in [5, 5.41) is 3.43. The number of hydrogen-bond donors (Lipinski definition) is 1. The quantitative estimate of drug-likeness (QED) is 0.487. The van der Waals surface area contributed by atoms with Crippen LogP contribution in [0.15, 0.2) is 38.9 Å². The van der Waals surface area contributed by atoms with Crippen molar-refractivity contribution < 1.29 is 4.79 Å². The number of benzene rings is 1. The first-order valence-electron chi connectivity index (χ1n) is 9.27. The van der Waals surface area contributed by atoms with Crippen LogP contribution in [0.2, 0.25) is 0 Å². The Morgan fingerprint density at radius 2 is 1.93 bits per heavy atom. The second-order valence-corrected chi connectivity index (χ2v) is 7.73. The Balaban J connectivity index is 2.19. The van der Waals surface area contributed by atoms with E-state index in [1.165, 1.54) is 23.4 Å². The average Bonchev–Trinajstić information content (AvgIpc) is 2.72. The van der Waals surface area contributed by atoms with E-state index in [0.717, 1.165) is 22.1 Å². The molecule has 3 aromatic rings. The van der Waals surface area contributed by atoms with E-state index in [-0.39, 0.29) is 22.7 Å². The highest BCUT2D eigenvalue weighted by molar-refractivity contribution is 8.00. The average molecular weight is 414 g/mol. The molecule has 29 heavy (non-hydrogen) atoms. The van der Waals surface area contributed by atoms with Gasteiger partial charge in [-0.3, -0.25) is 18.7 Å². The van der Waals surface area contributed by atoms with Gasteiger partial charge in [-0.25, -0.2) is 14.8 Å². The Labute approximate surface area is 172 Å². The molecule has 2 aromatic heterocycles. The Bertz CT molecular complexity index is 1200. The monoisotopic (exact) mass is 413 g/mol. The molecule has 0 aliphatic rings. The van der Waals surface area contributed by atoms with E-state index in [0.29, 0.717) is 17.4 Å². The highest BCUT2D eigenvalue weighted by Gasteiger charge is 2.19. The zero-order chi connectivity index (χ0) is 21.1. The zero-order valence-electron chi connectivity index (χ0n) is 16.9. The summed E-state index contributed by atoms with van der Waals surface area (Å²) in [6.45, 7) is 4.53. The van der Waals surface area contributed by atoms with Gasteiger partial charge in [-0.05, 0) is 19.4 Å². The largest absolute Gasteiger partial charge is 0.355 e. The Morgan fingerprint density at radius 3 is 2.62 bits per heavy atom.